The van der Waals surface area contributed by atoms with E-state index in [4.69, 9.17) is 4.74 Å². The molecule has 1 saturated heterocycles. The Labute approximate surface area is 77.9 Å². The molecule has 1 aromatic rings. The summed E-state index contributed by atoms with van der Waals surface area (Å²) >= 11 is 0. The maximum atomic E-state index is 5.85. The molecule has 0 aromatic heterocycles. The van der Waals surface area contributed by atoms with Crippen LogP contribution in [0.15, 0.2) is 24.3 Å². The zero-order valence-corrected chi connectivity index (χ0v) is 7.49. The van der Waals surface area contributed by atoms with Crippen LogP contribution >= 0.6 is 0 Å². The number of ether oxygens (including phenoxy) is 1. The lowest BCUT2D eigenvalue weighted by Crippen LogP contribution is -2.39. The van der Waals surface area contributed by atoms with Crippen molar-refractivity contribution in [2.45, 2.75) is 18.4 Å². The van der Waals surface area contributed by atoms with E-state index in [1.54, 1.807) is 0 Å². The number of nitrogens with one attached hydrogen (secondary N) is 1. The molecule has 2 nitrogen and oxygen atoms in total. The van der Waals surface area contributed by atoms with E-state index < -0.39 is 0 Å². The number of hydrogen-bond acceptors (Lipinski definition) is 2. The van der Waals surface area contributed by atoms with Gasteiger partial charge in [0.25, 0.3) is 0 Å². The molecule has 0 bridgehead atoms. The van der Waals surface area contributed by atoms with Crippen LogP contribution in [0.4, 0.5) is 0 Å². The van der Waals surface area contributed by atoms with Crippen molar-refractivity contribution in [1.29, 1.82) is 0 Å². The van der Waals surface area contributed by atoms with Crippen molar-refractivity contribution in [2.24, 2.45) is 0 Å². The molecule has 0 saturated carbocycles. The van der Waals surface area contributed by atoms with Gasteiger partial charge >= 0.3 is 0 Å². The normalized spacial score (nSPS) is 30.5. The van der Waals surface area contributed by atoms with E-state index in [1.807, 2.05) is 6.07 Å². The Morgan fingerprint density at radius 1 is 1.31 bits per heavy atom. The largest absolute Gasteiger partial charge is 0.488 e. The summed E-state index contributed by atoms with van der Waals surface area (Å²) in [6, 6.07) is 8.43. The van der Waals surface area contributed by atoms with E-state index in [-0.39, 0.29) is 0 Å². The molecule has 3 rings (SSSR count). The van der Waals surface area contributed by atoms with Gasteiger partial charge in [-0.05, 0) is 19.0 Å². The zero-order chi connectivity index (χ0) is 8.67. The lowest BCUT2D eigenvalue weighted by atomic mass is 9.90. The first-order valence-electron chi connectivity index (χ1n) is 4.91. The average molecular weight is 175 g/mol. The first-order valence-corrected chi connectivity index (χ1v) is 4.91. The molecule has 1 N–H and O–H groups in total. The van der Waals surface area contributed by atoms with E-state index >= 15 is 0 Å². The molecule has 2 heteroatoms. The summed E-state index contributed by atoms with van der Waals surface area (Å²) in [6.45, 7) is 2.12. The maximum absolute atomic E-state index is 5.85. The third-order valence-corrected chi connectivity index (χ3v) is 3.02. The Morgan fingerprint density at radius 3 is 3.23 bits per heavy atom. The quantitative estimate of drug-likeness (QED) is 0.645. The molecule has 13 heavy (non-hydrogen) atoms. The highest BCUT2D eigenvalue weighted by molar-refractivity contribution is 5.41. The minimum atomic E-state index is 0.381. The molecule has 0 amide bonds. The Kier molecular flexibility index (Phi) is 1.56. The van der Waals surface area contributed by atoms with Crippen LogP contribution in [0.25, 0.3) is 0 Å². The molecule has 2 atom stereocenters. The number of rotatable bonds is 0. The van der Waals surface area contributed by atoms with Crippen LogP contribution in [0.2, 0.25) is 0 Å². The van der Waals surface area contributed by atoms with Gasteiger partial charge in [0.15, 0.2) is 0 Å². The van der Waals surface area contributed by atoms with Gasteiger partial charge in [0.1, 0.15) is 11.9 Å². The lowest BCUT2D eigenvalue weighted by Gasteiger charge is -2.24. The minimum Gasteiger partial charge on any atom is -0.488 e. The van der Waals surface area contributed by atoms with Crippen molar-refractivity contribution in [2.75, 3.05) is 13.1 Å². The Morgan fingerprint density at radius 2 is 2.23 bits per heavy atom. The minimum absolute atomic E-state index is 0.381. The van der Waals surface area contributed by atoms with Crippen molar-refractivity contribution < 1.29 is 4.74 Å². The Balaban J connectivity index is 2.01. The van der Waals surface area contributed by atoms with E-state index in [0.717, 1.165) is 18.8 Å². The average Bonchev–Trinajstić information content (AvgIpc) is 2.56. The molecule has 68 valence electrons. The van der Waals surface area contributed by atoms with Gasteiger partial charge in [-0.1, -0.05) is 18.2 Å². The van der Waals surface area contributed by atoms with Crippen LogP contribution in [-0.2, 0) is 0 Å². The fourth-order valence-electron chi connectivity index (χ4n) is 2.37. The van der Waals surface area contributed by atoms with Crippen molar-refractivity contribution in [1.82, 2.24) is 5.32 Å². The van der Waals surface area contributed by atoms with Gasteiger partial charge in [0.05, 0.1) is 0 Å². The Bertz CT molecular complexity index is 324. The molecule has 2 heterocycles. The second-order valence-corrected chi connectivity index (χ2v) is 3.79. The number of fused-ring (bicyclic) bond motifs is 3. The van der Waals surface area contributed by atoms with Crippen LogP contribution in [0, 0.1) is 0 Å². The predicted octanol–water partition coefficient (Wildman–Crippen LogP) is 1.52. The van der Waals surface area contributed by atoms with Crippen LogP contribution in [0.3, 0.4) is 0 Å². The summed E-state index contributed by atoms with van der Waals surface area (Å²) in [6.07, 6.45) is 1.59. The van der Waals surface area contributed by atoms with Crippen molar-refractivity contribution in [3.63, 3.8) is 0 Å². The highest BCUT2D eigenvalue weighted by Crippen LogP contribution is 2.40. The molecule has 2 aliphatic rings. The fourth-order valence-corrected chi connectivity index (χ4v) is 2.37. The third kappa shape index (κ3) is 1.05. The third-order valence-electron chi connectivity index (χ3n) is 3.02. The molecule has 0 radical (unpaired) electrons. The van der Waals surface area contributed by atoms with Crippen LogP contribution in [0.5, 0.6) is 5.75 Å². The number of para-hydroxylation sites is 1. The molecular weight excluding hydrogens is 162 g/mol. The maximum Gasteiger partial charge on any atom is 0.123 e. The van der Waals surface area contributed by atoms with Gasteiger partial charge in [-0.2, -0.15) is 0 Å². The van der Waals surface area contributed by atoms with E-state index in [1.165, 1.54) is 12.0 Å². The van der Waals surface area contributed by atoms with Gasteiger partial charge in [-0.25, -0.2) is 0 Å². The SMILES string of the molecule is c1ccc2c(c1)OC1CNCCC21. The van der Waals surface area contributed by atoms with Gasteiger partial charge in [0.2, 0.25) is 0 Å². The second-order valence-electron chi connectivity index (χ2n) is 3.79. The second kappa shape index (κ2) is 2.74. The van der Waals surface area contributed by atoms with Crippen molar-refractivity contribution >= 4 is 0 Å². The molecule has 1 fully saturated rings. The van der Waals surface area contributed by atoms with Crippen LogP contribution < -0.4 is 10.1 Å². The summed E-state index contributed by atoms with van der Waals surface area (Å²) in [5, 5.41) is 3.37. The summed E-state index contributed by atoms with van der Waals surface area (Å²) in [5.41, 5.74) is 1.41. The fraction of sp³-hybridized carbons (Fsp3) is 0.455. The summed E-state index contributed by atoms with van der Waals surface area (Å²) in [7, 11) is 0. The smallest absolute Gasteiger partial charge is 0.123 e. The number of piperidine rings is 1. The molecule has 0 aliphatic carbocycles. The molecule has 0 spiro atoms. The monoisotopic (exact) mass is 175 g/mol. The van der Waals surface area contributed by atoms with E-state index in [0.29, 0.717) is 12.0 Å². The molecular formula is C11H13NO. The van der Waals surface area contributed by atoms with Crippen LogP contribution in [-0.4, -0.2) is 19.2 Å². The zero-order valence-electron chi connectivity index (χ0n) is 7.49. The summed E-state index contributed by atoms with van der Waals surface area (Å²) in [4.78, 5) is 0. The van der Waals surface area contributed by atoms with Gasteiger partial charge in [0, 0.05) is 18.0 Å². The van der Waals surface area contributed by atoms with Crippen molar-refractivity contribution in [3.8, 4) is 5.75 Å². The first-order chi connectivity index (χ1) is 6.45. The number of benzene rings is 1. The molecule has 2 unspecified atom stereocenters. The topological polar surface area (TPSA) is 21.3 Å². The lowest BCUT2D eigenvalue weighted by molar-refractivity contribution is 0.177. The van der Waals surface area contributed by atoms with E-state index in [9.17, 15) is 0 Å². The van der Waals surface area contributed by atoms with Gasteiger partial charge < -0.3 is 10.1 Å². The Hall–Kier alpha value is -1.02. The van der Waals surface area contributed by atoms with E-state index in [2.05, 4.69) is 23.5 Å². The standard InChI is InChI=1S/C11H13NO/c1-2-4-10-8(3-1)9-5-6-12-7-11(9)13-10/h1-4,9,11-12H,5-7H2. The van der Waals surface area contributed by atoms with Crippen molar-refractivity contribution in [3.05, 3.63) is 29.8 Å². The molecule has 2 aliphatic heterocycles. The summed E-state index contributed by atoms with van der Waals surface area (Å²) in [5.74, 6) is 1.73. The highest BCUT2D eigenvalue weighted by atomic mass is 16.5. The first kappa shape index (κ1) is 7.39. The van der Waals surface area contributed by atoms with Gasteiger partial charge in [-0.3, -0.25) is 0 Å². The highest BCUT2D eigenvalue weighted by Gasteiger charge is 2.35. The number of hydrogen-bond donors (Lipinski definition) is 1. The molecule has 1 aromatic carbocycles. The van der Waals surface area contributed by atoms with Gasteiger partial charge in [-0.15, -0.1) is 0 Å². The van der Waals surface area contributed by atoms with Crippen LogP contribution in [0.1, 0.15) is 17.9 Å². The summed E-state index contributed by atoms with van der Waals surface area (Å²) < 4.78 is 5.85. The predicted molar refractivity (Wildman–Crippen MR) is 51.1 cm³/mol.